The normalized spacial score (nSPS) is 39.7. The molecule has 15 heavy (non-hydrogen) atoms. The van der Waals surface area contributed by atoms with Crippen molar-refractivity contribution < 1.29 is 4.79 Å². The highest BCUT2D eigenvalue weighted by Crippen LogP contribution is 2.51. The quantitative estimate of drug-likeness (QED) is 0.720. The van der Waals surface area contributed by atoms with Crippen LogP contribution in [0.25, 0.3) is 0 Å². The van der Waals surface area contributed by atoms with E-state index in [1.165, 1.54) is 0 Å². The van der Waals surface area contributed by atoms with Crippen LogP contribution >= 0.6 is 0 Å². The smallest absolute Gasteiger partial charge is 0.226 e. The fourth-order valence-electron chi connectivity index (χ4n) is 3.16. The van der Waals surface area contributed by atoms with Crippen LogP contribution in [-0.4, -0.2) is 25.0 Å². The van der Waals surface area contributed by atoms with Crippen LogP contribution < -0.4 is 10.6 Å². The van der Waals surface area contributed by atoms with Crippen LogP contribution in [0.4, 0.5) is 0 Å². The second-order valence-electron chi connectivity index (χ2n) is 5.52. The molecule has 1 heterocycles. The summed E-state index contributed by atoms with van der Waals surface area (Å²) in [6, 6.07) is 0.507. The first-order chi connectivity index (χ1) is 7.27. The molecule has 2 N–H and O–H groups in total. The van der Waals surface area contributed by atoms with Gasteiger partial charge in [0.2, 0.25) is 5.91 Å². The number of nitrogens with one attached hydrogen (secondary N) is 2. The van der Waals surface area contributed by atoms with Crippen molar-refractivity contribution in [2.75, 3.05) is 13.1 Å². The zero-order chi connectivity index (χ0) is 10.5. The Balaban J connectivity index is 1.54. The Morgan fingerprint density at radius 3 is 2.60 bits per heavy atom. The molecule has 0 spiro atoms. The van der Waals surface area contributed by atoms with Gasteiger partial charge >= 0.3 is 0 Å². The summed E-state index contributed by atoms with van der Waals surface area (Å²) in [5, 5.41) is 6.62. The topological polar surface area (TPSA) is 41.1 Å². The first kappa shape index (κ1) is 9.64. The monoisotopic (exact) mass is 208 g/mol. The van der Waals surface area contributed by atoms with E-state index in [0.717, 1.165) is 50.6 Å². The zero-order valence-electron chi connectivity index (χ0n) is 9.38. The molecule has 2 unspecified atom stereocenters. The Bertz CT molecular complexity index is 275. The Morgan fingerprint density at radius 2 is 2.07 bits per heavy atom. The van der Waals surface area contributed by atoms with Gasteiger partial charge < -0.3 is 10.6 Å². The highest BCUT2D eigenvalue weighted by Gasteiger charge is 2.57. The van der Waals surface area contributed by atoms with E-state index in [-0.39, 0.29) is 5.41 Å². The predicted octanol–water partition coefficient (Wildman–Crippen LogP) is 0.901. The van der Waals surface area contributed by atoms with Crippen molar-refractivity contribution in [1.82, 2.24) is 10.6 Å². The van der Waals surface area contributed by atoms with Crippen molar-refractivity contribution in [3.8, 4) is 0 Å². The Kier molecular flexibility index (Phi) is 2.06. The number of hydrogen-bond acceptors (Lipinski definition) is 2. The van der Waals surface area contributed by atoms with Crippen molar-refractivity contribution >= 4 is 5.91 Å². The summed E-state index contributed by atoms with van der Waals surface area (Å²) in [4.78, 5) is 12.1. The van der Waals surface area contributed by atoms with Crippen LogP contribution in [0.2, 0.25) is 0 Å². The van der Waals surface area contributed by atoms with Gasteiger partial charge in [0.1, 0.15) is 0 Å². The van der Waals surface area contributed by atoms with Crippen molar-refractivity contribution in [2.24, 2.45) is 17.3 Å². The third-order valence-corrected chi connectivity index (χ3v) is 4.45. The lowest BCUT2D eigenvalue weighted by Crippen LogP contribution is -2.37. The third-order valence-electron chi connectivity index (χ3n) is 4.45. The molecule has 1 aliphatic heterocycles. The van der Waals surface area contributed by atoms with Gasteiger partial charge in [-0.1, -0.05) is 13.3 Å². The summed E-state index contributed by atoms with van der Waals surface area (Å²) in [5.74, 6) is 1.83. The van der Waals surface area contributed by atoms with Crippen LogP contribution in [0, 0.1) is 17.3 Å². The van der Waals surface area contributed by atoms with Gasteiger partial charge in [-0.05, 0) is 31.1 Å². The molecule has 1 amide bonds. The number of piperidine rings is 1. The molecule has 2 aliphatic carbocycles. The SMILES string of the molecule is CCCC1(C(=O)NC2C3CNCC32)CC1. The maximum atomic E-state index is 12.1. The van der Waals surface area contributed by atoms with Gasteiger partial charge in [0.25, 0.3) is 0 Å². The fraction of sp³-hybridized carbons (Fsp3) is 0.917. The van der Waals surface area contributed by atoms with E-state index >= 15 is 0 Å². The lowest BCUT2D eigenvalue weighted by atomic mass is 10.00. The third kappa shape index (κ3) is 1.48. The largest absolute Gasteiger partial charge is 0.352 e. The number of carbonyl (C=O) groups excluding carboxylic acids is 1. The van der Waals surface area contributed by atoms with Crippen LogP contribution in [0.1, 0.15) is 32.6 Å². The summed E-state index contributed by atoms with van der Waals surface area (Å²) in [6.45, 7) is 4.38. The van der Waals surface area contributed by atoms with Gasteiger partial charge in [-0.3, -0.25) is 4.79 Å². The molecule has 0 aromatic carbocycles. The minimum atomic E-state index is 0.0546. The molecule has 0 aromatic rings. The summed E-state index contributed by atoms with van der Waals surface area (Å²) in [5.41, 5.74) is 0.0546. The van der Waals surface area contributed by atoms with Gasteiger partial charge in [0, 0.05) is 24.5 Å². The van der Waals surface area contributed by atoms with Crippen LogP contribution in [-0.2, 0) is 4.79 Å². The van der Waals surface area contributed by atoms with Crippen molar-refractivity contribution in [1.29, 1.82) is 0 Å². The predicted molar refractivity (Wildman–Crippen MR) is 58.4 cm³/mol. The van der Waals surface area contributed by atoms with Gasteiger partial charge in [0.15, 0.2) is 0 Å². The molecular weight excluding hydrogens is 188 g/mol. The highest BCUT2D eigenvalue weighted by atomic mass is 16.2. The van der Waals surface area contributed by atoms with Crippen LogP contribution in [0.3, 0.4) is 0 Å². The Labute approximate surface area is 91.0 Å². The van der Waals surface area contributed by atoms with Crippen molar-refractivity contribution in [2.45, 2.75) is 38.6 Å². The van der Waals surface area contributed by atoms with Gasteiger partial charge in [0.05, 0.1) is 0 Å². The minimum absolute atomic E-state index is 0.0546. The van der Waals surface area contributed by atoms with Crippen LogP contribution in [0.15, 0.2) is 0 Å². The molecule has 84 valence electrons. The summed E-state index contributed by atoms with van der Waals surface area (Å²) < 4.78 is 0. The molecule has 2 saturated carbocycles. The molecule has 0 aromatic heterocycles. The molecule has 3 rings (SSSR count). The van der Waals surface area contributed by atoms with E-state index < -0.39 is 0 Å². The maximum Gasteiger partial charge on any atom is 0.226 e. The molecule has 0 bridgehead atoms. The van der Waals surface area contributed by atoms with Crippen molar-refractivity contribution in [3.63, 3.8) is 0 Å². The van der Waals surface area contributed by atoms with Gasteiger partial charge in [-0.25, -0.2) is 0 Å². The Hall–Kier alpha value is -0.570. The lowest BCUT2D eigenvalue weighted by molar-refractivity contribution is -0.126. The van der Waals surface area contributed by atoms with E-state index in [1.807, 2.05) is 0 Å². The van der Waals surface area contributed by atoms with E-state index in [4.69, 9.17) is 0 Å². The zero-order valence-corrected chi connectivity index (χ0v) is 9.38. The van der Waals surface area contributed by atoms with E-state index in [2.05, 4.69) is 17.6 Å². The number of hydrogen-bond donors (Lipinski definition) is 2. The average molecular weight is 208 g/mol. The Morgan fingerprint density at radius 1 is 1.40 bits per heavy atom. The van der Waals surface area contributed by atoms with E-state index in [1.54, 1.807) is 0 Å². The first-order valence-electron chi connectivity index (χ1n) is 6.28. The maximum absolute atomic E-state index is 12.1. The van der Waals surface area contributed by atoms with Crippen molar-refractivity contribution in [3.05, 3.63) is 0 Å². The standard InChI is InChI=1S/C12H20N2O/c1-2-3-12(4-5-12)11(15)14-10-8-6-13-7-9(8)10/h8-10,13H,2-7H2,1H3,(H,14,15). The molecule has 3 heteroatoms. The highest BCUT2D eigenvalue weighted by molar-refractivity contribution is 5.85. The molecule has 2 atom stereocenters. The fourth-order valence-corrected chi connectivity index (χ4v) is 3.16. The van der Waals surface area contributed by atoms with E-state index in [9.17, 15) is 4.79 Å². The van der Waals surface area contributed by atoms with Gasteiger partial charge in [-0.2, -0.15) is 0 Å². The number of amides is 1. The molecule has 3 aliphatic rings. The molecular formula is C12H20N2O. The number of fused-ring (bicyclic) bond motifs is 1. The summed E-state index contributed by atoms with van der Waals surface area (Å²) in [7, 11) is 0. The first-order valence-corrected chi connectivity index (χ1v) is 6.28. The average Bonchev–Trinajstić information content (AvgIpc) is 3.08. The molecule has 3 fully saturated rings. The van der Waals surface area contributed by atoms with Gasteiger partial charge in [-0.15, -0.1) is 0 Å². The second kappa shape index (κ2) is 3.21. The number of carbonyl (C=O) groups is 1. The lowest BCUT2D eigenvalue weighted by Gasteiger charge is -2.15. The van der Waals surface area contributed by atoms with E-state index in [0.29, 0.717) is 11.9 Å². The molecule has 3 nitrogen and oxygen atoms in total. The minimum Gasteiger partial charge on any atom is -0.352 e. The summed E-state index contributed by atoms with van der Waals surface area (Å²) in [6.07, 6.45) is 4.45. The summed E-state index contributed by atoms with van der Waals surface area (Å²) >= 11 is 0. The second-order valence-corrected chi connectivity index (χ2v) is 5.52. The molecule has 1 saturated heterocycles. The van der Waals surface area contributed by atoms with Crippen LogP contribution in [0.5, 0.6) is 0 Å². The number of rotatable bonds is 4. The molecule has 0 radical (unpaired) electrons.